The molecule has 0 unspecified atom stereocenters. The fourth-order valence-corrected chi connectivity index (χ4v) is 8.94. The zero-order valence-corrected chi connectivity index (χ0v) is 27.7. The number of benzene rings is 2. The van der Waals surface area contributed by atoms with Gasteiger partial charge in [-0.1, -0.05) is 18.6 Å². The first kappa shape index (κ1) is 32.4. The second-order valence-electron chi connectivity index (χ2n) is 14.1. The minimum Gasteiger partial charge on any atom is -0.453 e. The number of methoxy groups -OCH3 is 1. The van der Waals surface area contributed by atoms with Crippen LogP contribution in [0.1, 0.15) is 49.7 Å². The molecule has 3 aliphatic heterocycles. The summed E-state index contributed by atoms with van der Waals surface area (Å²) in [6.45, 7) is 8.05. The van der Waals surface area contributed by atoms with Crippen molar-refractivity contribution in [2.24, 2.45) is 17.8 Å². The van der Waals surface area contributed by atoms with Gasteiger partial charge in [-0.15, -0.1) is 0 Å². The van der Waals surface area contributed by atoms with Crippen molar-refractivity contribution in [2.45, 2.75) is 50.0 Å². The maximum Gasteiger partial charge on any atom is 0.407 e. The molecular weight excluding hydrogens is 609 g/mol. The number of nitrogens with one attached hydrogen (secondary N) is 2. The number of anilines is 1. The van der Waals surface area contributed by atoms with Gasteiger partial charge in [0.2, 0.25) is 0 Å². The summed E-state index contributed by atoms with van der Waals surface area (Å²) in [6, 6.07) is 15.3. The van der Waals surface area contributed by atoms with Gasteiger partial charge < -0.3 is 29.5 Å². The number of rotatable bonds is 11. The molecule has 4 fully saturated rings. The van der Waals surface area contributed by atoms with E-state index in [4.69, 9.17) is 9.47 Å². The largest absolute Gasteiger partial charge is 0.453 e. The molecule has 4 heterocycles. The van der Waals surface area contributed by atoms with Crippen LogP contribution in [0.4, 0.5) is 14.9 Å². The topological polar surface area (TPSA) is 110 Å². The fourth-order valence-electron chi connectivity index (χ4n) is 8.94. The van der Waals surface area contributed by atoms with Gasteiger partial charge in [0.05, 0.1) is 25.1 Å². The highest BCUT2D eigenvalue weighted by molar-refractivity contribution is 5.67. The van der Waals surface area contributed by atoms with Crippen LogP contribution in [-0.2, 0) is 10.2 Å². The van der Waals surface area contributed by atoms with Crippen molar-refractivity contribution in [1.82, 2.24) is 25.3 Å². The number of aromatic amines is 1. The number of nitrogens with zero attached hydrogens (tertiary/aromatic N) is 5. The van der Waals surface area contributed by atoms with Gasteiger partial charge in [-0.05, 0) is 99.9 Å². The molecule has 0 bridgehead atoms. The zero-order valence-electron chi connectivity index (χ0n) is 27.7. The van der Waals surface area contributed by atoms with Crippen molar-refractivity contribution < 1.29 is 18.7 Å². The van der Waals surface area contributed by atoms with E-state index in [1.54, 1.807) is 24.5 Å². The van der Waals surface area contributed by atoms with Crippen LogP contribution in [0, 0.1) is 34.9 Å². The zero-order chi connectivity index (χ0) is 33.1. The summed E-state index contributed by atoms with van der Waals surface area (Å²) < 4.78 is 25.9. The van der Waals surface area contributed by atoms with Crippen molar-refractivity contribution in [3.8, 4) is 17.6 Å². The van der Waals surface area contributed by atoms with E-state index in [0.29, 0.717) is 28.9 Å². The lowest BCUT2D eigenvalue weighted by Crippen LogP contribution is -2.60. The number of aromatic nitrogens is 2. The van der Waals surface area contributed by atoms with Crippen LogP contribution >= 0.6 is 0 Å². The number of piperidine rings is 1. The number of H-pyrrole nitrogens is 1. The molecule has 3 saturated heterocycles. The molecule has 2 aromatic carbocycles. The summed E-state index contributed by atoms with van der Waals surface area (Å²) in [7, 11) is 1.43. The van der Waals surface area contributed by atoms with Gasteiger partial charge in [0, 0.05) is 55.3 Å². The average molecular weight is 656 g/mol. The van der Waals surface area contributed by atoms with E-state index < -0.39 is 0 Å². The number of amides is 1. The summed E-state index contributed by atoms with van der Waals surface area (Å²) in [6.07, 6.45) is 9.15. The molecule has 11 heteroatoms. The smallest absolute Gasteiger partial charge is 0.407 e. The van der Waals surface area contributed by atoms with E-state index in [1.807, 2.05) is 24.3 Å². The maximum absolute atomic E-state index is 15.0. The fraction of sp³-hybridized carbons (Fsp3) is 0.541. The second kappa shape index (κ2) is 14.1. The molecule has 3 atom stereocenters. The Hall–Kier alpha value is -4.14. The minimum absolute atomic E-state index is 0.00816. The predicted octanol–water partition coefficient (Wildman–Crippen LogP) is 5.53. The molecule has 1 saturated carbocycles. The lowest BCUT2D eigenvalue weighted by atomic mass is 9.57. The molecule has 1 amide bonds. The minimum atomic E-state index is -0.379. The normalized spacial score (nSPS) is 23.5. The third-order valence-electron chi connectivity index (χ3n) is 11.4. The summed E-state index contributed by atoms with van der Waals surface area (Å²) in [5.41, 5.74) is 2.38. The van der Waals surface area contributed by atoms with Crippen LogP contribution in [0.3, 0.4) is 0 Å². The molecule has 254 valence electrons. The summed E-state index contributed by atoms with van der Waals surface area (Å²) >= 11 is 0. The van der Waals surface area contributed by atoms with Crippen LogP contribution in [0.2, 0.25) is 0 Å². The van der Waals surface area contributed by atoms with Crippen molar-refractivity contribution in [2.75, 3.05) is 64.4 Å². The van der Waals surface area contributed by atoms with Crippen LogP contribution in [0.5, 0.6) is 11.5 Å². The van der Waals surface area contributed by atoms with Crippen molar-refractivity contribution >= 4 is 11.8 Å². The number of likely N-dealkylation sites (tertiary alicyclic amines) is 2. The van der Waals surface area contributed by atoms with Gasteiger partial charge in [-0.25, -0.2) is 9.18 Å². The lowest BCUT2D eigenvalue weighted by molar-refractivity contribution is 0.0223. The van der Waals surface area contributed by atoms with Gasteiger partial charge in [-0.3, -0.25) is 5.10 Å². The quantitative estimate of drug-likeness (QED) is 0.278. The third-order valence-corrected chi connectivity index (χ3v) is 11.4. The molecular formula is C37H46FN7O3. The Labute approximate surface area is 282 Å². The van der Waals surface area contributed by atoms with Gasteiger partial charge in [0.25, 0.3) is 0 Å². The third kappa shape index (κ3) is 6.61. The maximum atomic E-state index is 15.0. The Morgan fingerprint density at radius 3 is 2.60 bits per heavy atom. The first-order valence-electron chi connectivity index (χ1n) is 17.5. The van der Waals surface area contributed by atoms with Gasteiger partial charge >= 0.3 is 6.09 Å². The first-order chi connectivity index (χ1) is 23.4. The Morgan fingerprint density at radius 1 is 1.08 bits per heavy atom. The van der Waals surface area contributed by atoms with Crippen LogP contribution < -0.4 is 15.0 Å². The second-order valence-corrected chi connectivity index (χ2v) is 14.1. The molecule has 7 rings (SSSR count). The van der Waals surface area contributed by atoms with Gasteiger partial charge in [0.1, 0.15) is 17.6 Å². The molecule has 4 aliphatic rings. The van der Waals surface area contributed by atoms with Gasteiger partial charge in [-0.2, -0.15) is 10.4 Å². The van der Waals surface area contributed by atoms with Crippen LogP contribution in [-0.4, -0.2) is 91.6 Å². The number of carbonyl (C=O) groups excluding carboxylic acids is 1. The Balaban J connectivity index is 1.03. The lowest BCUT2D eigenvalue weighted by Gasteiger charge is -2.54. The van der Waals surface area contributed by atoms with Crippen LogP contribution in [0.25, 0.3) is 0 Å². The van der Waals surface area contributed by atoms with E-state index in [1.165, 1.54) is 13.5 Å². The number of hydrogen-bond donors (Lipinski definition) is 2. The number of nitriles is 1. The summed E-state index contributed by atoms with van der Waals surface area (Å²) in [5, 5.41) is 19.4. The molecule has 1 aromatic heterocycles. The highest BCUT2D eigenvalue weighted by Gasteiger charge is 2.53. The number of halogens is 1. The van der Waals surface area contributed by atoms with E-state index in [0.717, 1.165) is 95.7 Å². The monoisotopic (exact) mass is 655 g/mol. The molecule has 10 nitrogen and oxygen atoms in total. The van der Waals surface area contributed by atoms with E-state index in [2.05, 4.69) is 42.3 Å². The number of carbonyl (C=O) groups is 1. The van der Waals surface area contributed by atoms with E-state index in [-0.39, 0.29) is 29.3 Å². The van der Waals surface area contributed by atoms with Crippen molar-refractivity contribution in [3.05, 3.63) is 71.8 Å². The number of hydrogen-bond acceptors (Lipinski definition) is 8. The van der Waals surface area contributed by atoms with E-state index in [9.17, 15) is 14.4 Å². The Bertz CT molecular complexity index is 1590. The van der Waals surface area contributed by atoms with Crippen molar-refractivity contribution in [1.29, 1.82) is 5.26 Å². The standard InChI is InChI=1S/C37H46FN7O3/c1-47-36(46)42-34-8-3-7-33(34)37(25-44-13-4-14-44,29-5-2-6-30(38)17-29)28-11-15-43(16-12-28)22-26-23-45(24-26)31-10-9-27(19-39)35(18-31)48-32-20-40-41-21-32/h2,5-6,9-10,17-18,20-21,26,28,33-34H,3-4,7-8,11-16,22-25H2,1H3,(H,40,41)(H,42,46)/t33-,34-,37-/m0/s1. The number of alkyl carbamates (subject to hydrolysis) is 1. The highest BCUT2D eigenvalue weighted by atomic mass is 19.1. The SMILES string of the molecule is COC(=O)N[C@H]1CCC[C@@H]1[C@](CN1CCC1)(c1cccc(F)c1)C1CCN(CC2CN(c3ccc(C#N)c(Oc4cn[nH]c4)c3)C2)CC1. The first-order valence-corrected chi connectivity index (χ1v) is 17.5. The average Bonchev–Trinajstić information content (AvgIpc) is 3.75. The molecule has 1 aliphatic carbocycles. The molecule has 2 N–H and O–H groups in total. The summed E-state index contributed by atoms with van der Waals surface area (Å²) in [4.78, 5) is 20.0. The van der Waals surface area contributed by atoms with Crippen LogP contribution in [0.15, 0.2) is 54.9 Å². The molecule has 0 radical (unpaired) electrons. The predicted molar refractivity (Wildman–Crippen MR) is 180 cm³/mol. The van der Waals surface area contributed by atoms with E-state index >= 15 is 0 Å². The highest BCUT2D eigenvalue weighted by Crippen LogP contribution is 2.51. The number of ether oxygens (including phenoxy) is 2. The molecule has 3 aromatic rings. The van der Waals surface area contributed by atoms with Crippen molar-refractivity contribution in [3.63, 3.8) is 0 Å². The molecule has 0 spiro atoms. The Morgan fingerprint density at radius 2 is 1.92 bits per heavy atom. The van der Waals surface area contributed by atoms with Gasteiger partial charge in [0.15, 0.2) is 5.75 Å². The molecule has 48 heavy (non-hydrogen) atoms. The summed E-state index contributed by atoms with van der Waals surface area (Å²) in [5.74, 6) is 2.08. The Kier molecular flexibility index (Phi) is 9.55.